The summed E-state index contributed by atoms with van der Waals surface area (Å²) in [6.07, 6.45) is 2.17. The fourth-order valence-corrected chi connectivity index (χ4v) is 4.87. The van der Waals surface area contributed by atoms with Gasteiger partial charge in [0, 0.05) is 12.5 Å². The molecule has 2 amide bonds. The lowest BCUT2D eigenvalue weighted by molar-refractivity contribution is -0.143. The first kappa shape index (κ1) is 44.7. The highest BCUT2D eigenvalue weighted by Crippen LogP contribution is 2.18. The van der Waals surface area contributed by atoms with Gasteiger partial charge >= 0.3 is 17.9 Å². The number of nitrogens with one attached hydrogen (secondary N) is 4. The van der Waals surface area contributed by atoms with Gasteiger partial charge in [0.25, 0.3) is 0 Å². The zero-order valence-electron chi connectivity index (χ0n) is 31.6. The van der Waals surface area contributed by atoms with Gasteiger partial charge in [-0.15, -0.1) is 0 Å². The average Bonchev–Trinajstić information content (AvgIpc) is 3.03. The van der Waals surface area contributed by atoms with Crippen molar-refractivity contribution in [3.05, 3.63) is 71.8 Å². The third-order valence-electron chi connectivity index (χ3n) is 7.81. The molecule has 0 aliphatic rings. The summed E-state index contributed by atoms with van der Waals surface area (Å²) < 4.78 is 4.72. The summed E-state index contributed by atoms with van der Waals surface area (Å²) in [6, 6.07) is 16.3. The highest BCUT2D eigenvalue weighted by Gasteiger charge is 2.28. The lowest BCUT2D eigenvalue weighted by Crippen LogP contribution is -2.52. The Bertz CT molecular complexity index is 1360. The number of hydrogen-bond acceptors (Lipinski definition) is 8. The summed E-state index contributed by atoms with van der Waals surface area (Å²) in [4.78, 5) is 59.2. The SMILES string of the molecule is CC(C)(C)CCN[C@@H](CC(=O)O)C(=O)NC(Cc1ccccc1)C(=O)O.COC(=O)C[C@H](NCCC(C)(C)C)C(=O)NC(C)Cc1ccccc1. The molecule has 51 heavy (non-hydrogen) atoms. The van der Waals surface area contributed by atoms with E-state index >= 15 is 0 Å². The van der Waals surface area contributed by atoms with Gasteiger partial charge < -0.3 is 36.2 Å². The number of carboxylic acids is 2. The summed E-state index contributed by atoms with van der Waals surface area (Å²) in [5.41, 5.74) is 2.14. The quantitative estimate of drug-likeness (QED) is 0.115. The Morgan fingerprint density at radius 3 is 1.49 bits per heavy atom. The summed E-state index contributed by atoms with van der Waals surface area (Å²) >= 11 is 0. The first-order chi connectivity index (χ1) is 23.8. The maximum absolute atomic E-state index is 12.6. The third kappa shape index (κ3) is 21.5. The van der Waals surface area contributed by atoms with Gasteiger partial charge in [0.2, 0.25) is 11.8 Å². The number of carbonyl (C=O) groups excluding carboxylic acids is 3. The van der Waals surface area contributed by atoms with Crippen LogP contribution in [0.5, 0.6) is 0 Å². The van der Waals surface area contributed by atoms with Crippen LogP contribution in [0.15, 0.2) is 60.7 Å². The molecule has 0 aliphatic heterocycles. The van der Waals surface area contributed by atoms with Crippen LogP contribution in [-0.2, 0) is 41.6 Å². The Hall–Kier alpha value is -4.29. The average molecular weight is 713 g/mol. The minimum Gasteiger partial charge on any atom is -0.481 e. The van der Waals surface area contributed by atoms with Crippen molar-refractivity contribution in [1.29, 1.82) is 0 Å². The molecule has 0 saturated carbocycles. The number of amides is 2. The number of methoxy groups -OCH3 is 1. The smallest absolute Gasteiger partial charge is 0.326 e. The Kier molecular flexibility index (Phi) is 19.7. The van der Waals surface area contributed by atoms with Crippen LogP contribution in [0.1, 0.15) is 85.3 Å². The Morgan fingerprint density at radius 1 is 0.647 bits per heavy atom. The topological polar surface area (TPSA) is 183 Å². The summed E-state index contributed by atoms with van der Waals surface area (Å²) in [7, 11) is 1.34. The number of carboxylic acid groups (broad SMARTS) is 2. The third-order valence-corrected chi connectivity index (χ3v) is 7.81. The Labute approximate surface area is 303 Å². The van der Waals surface area contributed by atoms with Crippen molar-refractivity contribution in [2.24, 2.45) is 10.8 Å². The maximum Gasteiger partial charge on any atom is 0.326 e. The van der Waals surface area contributed by atoms with E-state index in [4.69, 9.17) is 9.84 Å². The van der Waals surface area contributed by atoms with Crippen molar-refractivity contribution in [2.75, 3.05) is 20.2 Å². The Morgan fingerprint density at radius 2 is 1.08 bits per heavy atom. The second kappa shape index (κ2) is 22.5. The number of aliphatic carboxylic acids is 2. The second-order valence-electron chi connectivity index (χ2n) is 15.2. The van der Waals surface area contributed by atoms with E-state index in [9.17, 15) is 29.1 Å². The largest absolute Gasteiger partial charge is 0.481 e. The van der Waals surface area contributed by atoms with Crippen molar-refractivity contribution >= 4 is 29.7 Å². The molecule has 0 aliphatic carbocycles. The first-order valence-electron chi connectivity index (χ1n) is 17.5. The summed E-state index contributed by atoms with van der Waals surface area (Å²) in [6.45, 7) is 15.7. The normalized spacial score (nSPS) is 13.7. The molecule has 0 heterocycles. The minimum atomic E-state index is -1.16. The molecule has 4 atom stereocenters. The van der Waals surface area contributed by atoms with Crippen molar-refractivity contribution in [2.45, 2.75) is 111 Å². The number of carbonyl (C=O) groups is 5. The van der Waals surface area contributed by atoms with Crippen LogP contribution in [0.3, 0.4) is 0 Å². The number of benzene rings is 2. The highest BCUT2D eigenvalue weighted by molar-refractivity contribution is 5.89. The van der Waals surface area contributed by atoms with Gasteiger partial charge in [-0.05, 0) is 61.2 Å². The van der Waals surface area contributed by atoms with E-state index in [1.54, 1.807) is 24.3 Å². The van der Waals surface area contributed by atoms with Gasteiger partial charge in [-0.1, -0.05) is 102 Å². The molecular formula is C39H60N4O8. The molecule has 6 N–H and O–H groups in total. The van der Waals surface area contributed by atoms with Gasteiger partial charge in [0.15, 0.2) is 0 Å². The fraction of sp³-hybridized carbons (Fsp3) is 0.564. The van der Waals surface area contributed by atoms with Crippen molar-refractivity contribution in [3.8, 4) is 0 Å². The molecular weight excluding hydrogens is 652 g/mol. The van der Waals surface area contributed by atoms with E-state index in [1.165, 1.54) is 12.7 Å². The van der Waals surface area contributed by atoms with Gasteiger partial charge in [-0.25, -0.2) is 4.79 Å². The molecule has 0 fully saturated rings. The van der Waals surface area contributed by atoms with E-state index in [1.807, 2.05) is 64.1 Å². The molecule has 2 unspecified atom stereocenters. The molecule has 12 heteroatoms. The molecule has 0 bridgehead atoms. The number of ether oxygens (including phenoxy) is 1. The monoisotopic (exact) mass is 712 g/mol. The van der Waals surface area contributed by atoms with E-state index in [0.717, 1.165) is 24.8 Å². The molecule has 0 aromatic heterocycles. The molecule has 12 nitrogen and oxygen atoms in total. The minimum absolute atomic E-state index is 0.0144. The Balaban J connectivity index is 0.000000510. The zero-order valence-corrected chi connectivity index (χ0v) is 31.6. The van der Waals surface area contributed by atoms with E-state index < -0.39 is 42.4 Å². The van der Waals surface area contributed by atoms with Crippen LogP contribution in [0.2, 0.25) is 0 Å². The van der Waals surface area contributed by atoms with E-state index in [-0.39, 0.29) is 41.6 Å². The van der Waals surface area contributed by atoms with E-state index in [2.05, 4.69) is 42.0 Å². The molecule has 0 spiro atoms. The predicted molar refractivity (Wildman–Crippen MR) is 198 cm³/mol. The molecule has 0 radical (unpaired) electrons. The second-order valence-corrected chi connectivity index (χ2v) is 15.2. The lowest BCUT2D eigenvalue weighted by Gasteiger charge is -2.23. The molecule has 284 valence electrons. The van der Waals surface area contributed by atoms with Crippen LogP contribution in [0, 0.1) is 10.8 Å². The molecule has 0 saturated heterocycles. The van der Waals surface area contributed by atoms with Crippen LogP contribution in [0.25, 0.3) is 0 Å². The predicted octanol–water partition coefficient (Wildman–Crippen LogP) is 4.36. The lowest BCUT2D eigenvalue weighted by atomic mass is 9.92. The maximum atomic E-state index is 12.6. The van der Waals surface area contributed by atoms with Crippen LogP contribution < -0.4 is 21.3 Å². The van der Waals surface area contributed by atoms with Gasteiger partial charge in [0.1, 0.15) is 6.04 Å². The van der Waals surface area contributed by atoms with Crippen molar-refractivity contribution in [3.63, 3.8) is 0 Å². The van der Waals surface area contributed by atoms with Crippen LogP contribution in [0.4, 0.5) is 0 Å². The number of rotatable bonds is 19. The molecule has 2 aromatic rings. The standard InChI is InChI=1S/C20H32N2O3.C19H28N2O5/c1-15(13-16-9-7-6-8-10-16)22-19(24)17(14-18(23)25-5)21-12-11-20(2,3)4;1-19(2,3)9-10-20-14(12-16(22)23)17(24)21-15(18(25)26)11-13-7-5-4-6-8-13/h6-10,15,17,21H,11-14H2,1-5H3,(H,22,24);4-8,14-15,20H,9-12H2,1-3H3,(H,21,24)(H,22,23)(H,25,26)/t15?,17-;14-,15?/m00/s1. The zero-order chi connectivity index (χ0) is 38.6. The molecule has 2 rings (SSSR count). The van der Waals surface area contributed by atoms with Crippen LogP contribution >= 0.6 is 0 Å². The van der Waals surface area contributed by atoms with Crippen molar-refractivity contribution < 1.29 is 38.9 Å². The fourth-order valence-electron chi connectivity index (χ4n) is 4.87. The van der Waals surface area contributed by atoms with Gasteiger partial charge in [-0.2, -0.15) is 0 Å². The summed E-state index contributed by atoms with van der Waals surface area (Å²) in [5.74, 6) is -3.46. The number of esters is 1. The summed E-state index contributed by atoms with van der Waals surface area (Å²) in [5, 5.41) is 30.0. The molecule has 2 aromatic carbocycles. The van der Waals surface area contributed by atoms with Crippen LogP contribution in [-0.4, -0.2) is 84.3 Å². The van der Waals surface area contributed by atoms with Gasteiger partial charge in [-0.3, -0.25) is 19.2 Å². The highest BCUT2D eigenvalue weighted by atomic mass is 16.5. The van der Waals surface area contributed by atoms with Crippen molar-refractivity contribution in [1.82, 2.24) is 21.3 Å². The van der Waals surface area contributed by atoms with E-state index in [0.29, 0.717) is 13.1 Å². The number of hydrogen-bond donors (Lipinski definition) is 6. The van der Waals surface area contributed by atoms with Gasteiger partial charge in [0.05, 0.1) is 32.0 Å². The first-order valence-corrected chi connectivity index (χ1v) is 17.5.